The first kappa shape index (κ1) is 17.4. The van der Waals surface area contributed by atoms with Crippen LogP contribution in [0.3, 0.4) is 0 Å². The van der Waals surface area contributed by atoms with Gasteiger partial charge in [-0.05, 0) is 37.5 Å². The van der Waals surface area contributed by atoms with E-state index in [0.717, 1.165) is 18.4 Å². The normalized spacial score (nSPS) is 14.5. The molecule has 128 valence electrons. The predicted molar refractivity (Wildman–Crippen MR) is 78.6 cm³/mol. The van der Waals surface area contributed by atoms with Gasteiger partial charge in [0.25, 0.3) is 0 Å². The number of nitrogens with zero attached hydrogens (tertiary/aromatic N) is 1. The molecule has 1 saturated carbocycles. The molecule has 0 aliphatic heterocycles. The van der Waals surface area contributed by atoms with Gasteiger partial charge in [0.05, 0.1) is 12.3 Å². The van der Waals surface area contributed by atoms with E-state index in [1.807, 2.05) is 0 Å². The Kier molecular flexibility index (Phi) is 5.35. The van der Waals surface area contributed by atoms with Gasteiger partial charge in [0.1, 0.15) is 5.75 Å². The Labute approximate surface area is 132 Å². The number of hydrogen-bond acceptors (Lipinski definition) is 3. The lowest BCUT2D eigenvalue weighted by molar-refractivity contribution is -0.153. The predicted octanol–water partition coefficient (Wildman–Crippen LogP) is 2.92. The van der Waals surface area contributed by atoms with Crippen molar-refractivity contribution in [2.45, 2.75) is 32.0 Å². The number of aliphatic hydroxyl groups is 1. The third-order valence-corrected chi connectivity index (χ3v) is 3.36. The van der Waals surface area contributed by atoms with Crippen LogP contribution in [-0.2, 0) is 0 Å². The van der Waals surface area contributed by atoms with Crippen molar-refractivity contribution in [1.82, 2.24) is 4.90 Å². The van der Waals surface area contributed by atoms with Crippen LogP contribution < -0.4 is 10.1 Å². The molecule has 0 radical (unpaired) electrons. The van der Waals surface area contributed by atoms with Crippen LogP contribution in [0.2, 0.25) is 0 Å². The lowest BCUT2D eigenvalue weighted by Gasteiger charge is -2.23. The molecule has 8 heteroatoms. The summed E-state index contributed by atoms with van der Waals surface area (Å²) in [6, 6.07) is 4.23. The van der Waals surface area contributed by atoms with Crippen LogP contribution >= 0.6 is 0 Å². The van der Waals surface area contributed by atoms with Gasteiger partial charge < -0.3 is 20.1 Å². The Bertz CT molecular complexity index is 559. The molecule has 1 aromatic rings. The van der Waals surface area contributed by atoms with Gasteiger partial charge in [0, 0.05) is 12.6 Å². The lowest BCUT2D eigenvalue weighted by atomic mass is 10.2. The van der Waals surface area contributed by atoms with Crippen molar-refractivity contribution in [2.24, 2.45) is 0 Å². The number of hydrogen-bond donors (Lipinski definition) is 2. The highest BCUT2D eigenvalue weighted by molar-refractivity contribution is 5.91. The first-order valence-electron chi connectivity index (χ1n) is 7.29. The Balaban J connectivity index is 2.10. The minimum Gasteiger partial charge on any atom is -0.482 e. The summed E-state index contributed by atoms with van der Waals surface area (Å²) in [5.41, 5.74) is 0.892. The third kappa shape index (κ3) is 5.31. The smallest absolute Gasteiger partial charge is 0.422 e. The second kappa shape index (κ2) is 7.08. The molecule has 0 atom stereocenters. The van der Waals surface area contributed by atoms with Crippen molar-refractivity contribution in [1.29, 1.82) is 0 Å². The fourth-order valence-corrected chi connectivity index (χ4v) is 2.14. The van der Waals surface area contributed by atoms with E-state index >= 15 is 0 Å². The highest BCUT2D eigenvalue weighted by Gasteiger charge is 2.33. The Morgan fingerprint density at radius 1 is 1.43 bits per heavy atom. The first-order chi connectivity index (χ1) is 10.8. The van der Waals surface area contributed by atoms with E-state index in [4.69, 9.17) is 9.84 Å². The summed E-state index contributed by atoms with van der Waals surface area (Å²) in [7, 11) is 0. The molecule has 2 N–H and O–H groups in total. The molecule has 23 heavy (non-hydrogen) atoms. The molecular formula is C15H19F3N2O3. The van der Waals surface area contributed by atoms with Gasteiger partial charge in [0.2, 0.25) is 0 Å². The van der Waals surface area contributed by atoms with E-state index in [9.17, 15) is 18.0 Å². The maximum absolute atomic E-state index is 12.3. The number of alkyl halides is 3. The summed E-state index contributed by atoms with van der Waals surface area (Å²) >= 11 is 0. The van der Waals surface area contributed by atoms with Crippen molar-refractivity contribution < 1.29 is 27.8 Å². The molecule has 0 bridgehead atoms. The number of benzene rings is 1. The van der Waals surface area contributed by atoms with Crippen LogP contribution in [0.25, 0.3) is 0 Å². The van der Waals surface area contributed by atoms with Gasteiger partial charge in [-0.15, -0.1) is 0 Å². The second-order valence-corrected chi connectivity index (χ2v) is 5.48. The number of carbonyl (C=O) groups excluding carboxylic acids is 1. The molecule has 0 aromatic heterocycles. The highest BCUT2D eigenvalue weighted by Crippen LogP contribution is 2.30. The molecule has 2 rings (SSSR count). The minimum absolute atomic E-state index is 0.0320. The summed E-state index contributed by atoms with van der Waals surface area (Å²) in [6.07, 6.45) is -2.74. The molecule has 1 aliphatic carbocycles. The Morgan fingerprint density at radius 3 is 2.70 bits per heavy atom. The minimum atomic E-state index is -4.46. The summed E-state index contributed by atoms with van der Waals surface area (Å²) < 4.78 is 41.8. The van der Waals surface area contributed by atoms with Crippen molar-refractivity contribution >= 4 is 11.7 Å². The summed E-state index contributed by atoms with van der Waals surface area (Å²) in [5, 5.41) is 11.6. The number of rotatable bonds is 6. The molecule has 0 saturated heterocycles. The largest absolute Gasteiger partial charge is 0.482 e. The molecule has 0 spiro atoms. The molecular weight excluding hydrogens is 313 g/mol. The van der Waals surface area contributed by atoms with Crippen molar-refractivity contribution in [3.63, 3.8) is 0 Å². The molecule has 5 nitrogen and oxygen atoms in total. The molecule has 1 aliphatic rings. The fourth-order valence-electron chi connectivity index (χ4n) is 2.14. The maximum atomic E-state index is 12.3. The van der Waals surface area contributed by atoms with Crippen LogP contribution in [0, 0.1) is 6.92 Å². The number of halogens is 3. The van der Waals surface area contributed by atoms with Gasteiger partial charge >= 0.3 is 12.2 Å². The number of ether oxygens (including phenoxy) is 1. The summed E-state index contributed by atoms with van der Waals surface area (Å²) in [4.78, 5) is 13.7. The molecule has 1 fully saturated rings. The third-order valence-electron chi connectivity index (χ3n) is 3.36. The number of urea groups is 1. The first-order valence-corrected chi connectivity index (χ1v) is 7.29. The van der Waals surface area contributed by atoms with E-state index in [-0.39, 0.29) is 30.6 Å². The fraction of sp³-hybridized carbons (Fsp3) is 0.533. The zero-order chi connectivity index (χ0) is 17.0. The molecule has 2 amide bonds. The molecule has 0 unspecified atom stereocenters. The number of carbonyl (C=O) groups is 1. The average molecular weight is 332 g/mol. The highest BCUT2D eigenvalue weighted by atomic mass is 19.4. The Morgan fingerprint density at radius 2 is 2.13 bits per heavy atom. The number of nitrogens with one attached hydrogen (secondary N) is 1. The average Bonchev–Trinajstić information content (AvgIpc) is 3.28. The van der Waals surface area contributed by atoms with Gasteiger partial charge in [-0.2, -0.15) is 13.2 Å². The summed E-state index contributed by atoms with van der Waals surface area (Å²) in [5.74, 6) is -0.0320. The van der Waals surface area contributed by atoms with Crippen LogP contribution in [-0.4, -0.2) is 48.0 Å². The van der Waals surface area contributed by atoms with E-state index in [2.05, 4.69) is 5.32 Å². The zero-order valence-electron chi connectivity index (χ0n) is 12.7. The van der Waals surface area contributed by atoms with Crippen molar-refractivity contribution in [2.75, 3.05) is 25.1 Å². The van der Waals surface area contributed by atoms with Crippen LogP contribution in [0.4, 0.5) is 23.7 Å². The monoisotopic (exact) mass is 332 g/mol. The quantitative estimate of drug-likeness (QED) is 0.842. The summed E-state index contributed by atoms with van der Waals surface area (Å²) in [6.45, 7) is 0.299. The van der Waals surface area contributed by atoms with Gasteiger partial charge in [-0.3, -0.25) is 0 Å². The van der Waals surface area contributed by atoms with Gasteiger partial charge in [0.15, 0.2) is 6.61 Å². The molecule has 0 heterocycles. The topological polar surface area (TPSA) is 61.8 Å². The van der Waals surface area contributed by atoms with E-state index < -0.39 is 18.8 Å². The number of amides is 2. The van der Waals surface area contributed by atoms with Crippen LogP contribution in [0.15, 0.2) is 18.2 Å². The SMILES string of the molecule is Cc1ccc(NC(=O)N(CCO)C2CC2)c(OCC(F)(F)F)c1. The van der Waals surface area contributed by atoms with Gasteiger partial charge in [-0.1, -0.05) is 6.07 Å². The van der Waals surface area contributed by atoms with E-state index in [0.29, 0.717) is 0 Å². The second-order valence-electron chi connectivity index (χ2n) is 5.48. The standard InChI is InChI=1S/C15H19F3N2O3/c1-10-2-5-12(13(8-10)23-9-15(16,17)18)19-14(22)20(6-7-21)11-3-4-11/h2,5,8,11,21H,3-4,6-7,9H2,1H3,(H,19,22). The molecule has 1 aromatic carbocycles. The van der Waals surface area contributed by atoms with Crippen molar-refractivity contribution in [3.05, 3.63) is 23.8 Å². The number of aliphatic hydroxyl groups excluding tert-OH is 1. The van der Waals surface area contributed by atoms with Crippen LogP contribution in [0.5, 0.6) is 5.75 Å². The number of aryl methyl sites for hydroxylation is 1. The van der Waals surface area contributed by atoms with Crippen molar-refractivity contribution in [3.8, 4) is 5.75 Å². The van der Waals surface area contributed by atoms with Gasteiger partial charge in [-0.25, -0.2) is 4.79 Å². The van der Waals surface area contributed by atoms with E-state index in [1.165, 1.54) is 17.0 Å². The maximum Gasteiger partial charge on any atom is 0.422 e. The lowest BCUT2D eigenvalue weighted by Crippen LogP contribution is -2.38. The zero-order valence-corrected chi connectivity index (χ0v) is 12.7. The van der Waals surface area contributed by atoms with E-state index in [1.54, 1.807) is 13.0 Å². The Hall–Kier alpha value is -1.96. The number of anilines is 1. The van der Waals surface area contributed by atoms with Crippen LogP contribution in [0.1, 0.15) is 18.4 Å².